The third kappa shape index (κ3) is 3.54. The van der Waals surface area contributed by atoms with E-state index in [4.69, 9.17) is 9.84 Å². The molecule has 1 aliphatic rings. The Morgan fingerprint density at radius 1 is 1.37 bits per heavy atom. The SMILES string of the molecule is O=C(O)/C=C/c1c(F)cccc1N1CCCOCC1. The molecular weight excluding hydrogens is 249 g/mol. The maximum absolute atomic E-state index is 13.9. The number of hydrogen-bond donors (Lipinski definition) is 1. The molecule has 1 N–H and O–H groups in total. The Kier molecular flexibility index (Phi) is 4.52. The van der Waals surface area contributed by atoms with Gasteiger partial charge in [0.25, 0.3) is 0 Å². The third-order valence-corrected chi connectivity index (χ3v) is 2.99. The van der Waals surface area contributed by atoms with Crippen LogP contribution < -0.4 is 4.90 Å². The molecule has 0 amide bonds. The van der Waals surface area contributed by atoms with E-state index in [9.17, 15) is 9.18 Å². The Labute approximate surface area is 111 Å². The summed E-state index contributed by atoms with van der Waals surface area (Å²) in [5.74, 6) is -1.51. The van der Waals surface area contributed by atoms with Crippen molar-refractivity contribution in [3.8, 4) is 0 Å². The van der Waals surface area contributed by atoms with Gasteiger partial charge in [-0.05, 0) is 24.6 Å². The predicted molar refractivity (Wildman–Crippen MR) is 70.7 cm³/mol. The van der Waals surface area contributed by atoms with Crippen LogP contribution in [0.15, 0.2) is 24.3 Å². The Balaban J connectivity index is 2.32. The van der Waals surface area contributed by atoms with Crippen LogP contribution in [0.4, 0.5) is 10.1 Å². The van der Waals surface area contributed by atoms with Gasteiger partial charge in [-0.1, -0.05) is 6.07 Å². The lowest BCUT2D eigenvalue weighted by Crippen LogP contribution is -2.26. The molecule has 0 saturated carbocycles. The van der Waals surface area contributed by atoms with Crippen molar-refractivity contribution in [1.82, 2.24) is 0 Å². The number of halogens is 1. The number of hydrogen-bond acceptors (Lipinski definition) is 3. The van der Waals surface area contributed by atoms with Crippen molar-refractivity contribution in [2.45, 2.75) is 6.42 Å². The first-order valence-corrected chi connectivity index (χ1v) is 6.20. The summed E-state index contributed by atoms with van der Waals surface area (Å²) in [5.41, 5.74) is 1.02. The lowest BCUT2D eigenvalue weighted by molar-refractivity contribution is -0.131. The van der Waals surface area contributed by atoms with E-state index in [-0.39, 0.29) is 0 Å². The second-order valence-electron chi connectivity index (χ2n) is 4.30. The topological polar surface area (TPSA) is 49.8 Å². The number of rotatable bonds is 3. The highest BCUT2D eigenvalue weighted by atomic mass is 19.1. The van der Waals surface area contributed by atoms with Gasteiger partial charge in [-0.25, -0.2) is 9.18 Å². The molecule has 0 spiro atoms. The van der Waals surface area contributed by atoms with Crippen LogP contribution in [0.25, 0.3) is 6.08 Å². The van der Waals surface area contributed by atoms with Crippen molar-refractivity contribution >= 4 is 17.7 Å². The molecule has 4 nitrogen and oxygen atoms in total. The van der Waals surface area contributed by atoms with Crippen molar-refractivity contribution in [1.29, 1.82) is 0 Å². The van der Waals surface area contributed by atoms with Crippen LogP contribution in [0.1, 0.15) is 12.0 Å². The Bertz CT molecular complexity index is 480. The van der Waals surface area contributed by atoms with Crippen LogP contribution in [0, 0.1) is 5.82 Å². The van der Waals surface area contributed by atoms with Crippen LogP contribution in [-0.2, 0) is 9.53 Å². The van der Waals surface area contributed by atoms with Crippen molar-refractivity contribution < 1.29 is 19.0 Å². The van der Waals surface area contributed by atoms with Gasteiger partial charge in [0, 0.05) is 37.0 Å². The van der Waals surface area contributed by atoms with E-state index in [1.807, 2.05) is 4.90 Å². The normalized spacial score (nSPS) is 16.6. The van der Waals surface area contributed by atoms with Gasteiger partial charge in [0.2, 0.25) is 0 Å². The van der Waals surface area contributed by atoms with E-state index in [1.54, 1.807) is 12.1 Å². The van der Waals surface area contributed by atoms with E-state index >= 15 is 0 Å². The minimum Gasteiger partial charge on any atom is -0.478 e. The van der Waals surface area contributed by atoms with E-state index < -0.39 is 11.8 Å². The van der Waals surface area contributed by atoms with Gasteiger partial charge in [0.05, 0.1) is 6.61 Å². The van der Waals surface area contributed by atoms with Gasteiger partial charge in [-0.15, -0.1) is 0 Å². The summed E-state index contributed by atoms with van der Waals surface area (Å²) >= 11 is 0. The second kappa shape index (κ2) is 6.33. The molecule has 0 aliphatic carbocycles. The van der Waals surface area contributed by atoms with E-state index in [0.717, 1.165) is 19.0 Å². The molecule has 102 valence electrons. The number of nitrogens with zero attached hydrogens (tertiary/aromatic N) is 1. The molecule has 0 bridgehead atoms. The number of carboxylic acids is 1. The number of carbonyl (C=O) groups is 1. The number of carboxylic acid groups (broad SMARTS) is 1. The zero-order valence-electron chi connectivity index (χ0n) is 10.5. The smallest absolute Gasteiger partial charge is 0.328 e. The fourth-order valence-corrected chi connectivity index (χ4v) is 2.11. The lowest BCUT2D eigenvalue weighted by Gasteiger charge is -2.24. The molecule has 0 atom stereocenters. The quantitative estimate of drug-likeness (QED) is 0.851. The average Bonchev–Trinajstić information content (AvgIpc) is 2.65. The number of aliphatic carboxylic acids is 1. The van der Waals surface area contributed by atoms with Crippen molar-refractivity contribution in [3.05, 3.63) is 35.7 Å². The highest BCUT2D eigenvalue weighted by Crippen LogP contribution is 2.25. The Morgan fingerprint density at radius 3 is 3.00 bits per heavy atom. The molecule has 1 fully saturated rings. The first-order valence-electron chi connectivity index (χ1n) is 6.20. The summed E-state index contributed by atoms with van der Waals surface area (Å²) in [4.78, 5) is 12.6. The summed E-state index contributed by atoms with van der Waals surface area (Å²) < 4.78 is 19.2. The number of ether oxygens (including phenoxy) is 1. The summed E-state index contributed by atoms with van der Waals surface area (Å²) in [5, 5.41) is 8.67. The largest absolute Gasteiger partial charge is 0.478 e. The first kappa shape index (κ1) is 13.5. The van der Waals surface area contributed by atoms with Gasteiger partial charge < -0.3 is 14.7 Å². The summed E-state index contributed by atoms with van der Waals surface area (Å²) in [7, 11) is 0. The molecule has 1 aliphatic heterocycles. The molecule has 1 saturated heterocycles. The highest BCUT2D eigenvalue weighted by Gasteiger charge is 2.15. The zero-order valence-corrected chi connectivity index (χ0v) is 10.5. The molecule has 5 heteroatoms. The second-order valence-corrected chi connectivity index (χ2v) is 4.30. The zero-order chi connectivity index (χ0) is 13.7. The van der Waals surface area contributed by atoms with Crippen LogP contribution in [0.5, 0.6) is 0 Å². The molecular formula is C14H16FNO3. The van der Waals surface area contributed by atoms with Crippen LogP contribution >= 0.6 is 0 Å². The van der Waals surface area contributed by atoms with Crippen molar-refractivity contribution in [2.24, 2.45) is 0 Å². The highest BCUT2D eigenvalue weighted by molar-refractivity contribution is 5.87. The number of benzene rings is 1. The summed E-state index contributed by atoms with van der Waals surface area (Å²) in [6, 6.07) is 4.77. The van der Waals surface area contributed by atoms with Crippen LogP contribution in [-0.4, -0.2) is 37.4 Å². The minimum atomic E-state index is -1.09. The van der Waals surface area contributed by atoms with Gasteiger partial charge in [0.1, 0.15) is 5.82 Å². The third-order valence-electron chi connectivity index (χ3n) is 2.99. The van der Waals surface area contributed by atoms with Gasteiger partial charge in [-0.3, -0.25) is 0 Å². The maximum atomic E-state index is 13.9. The Hall–Kier alpha value is -1.88. The van der Waals surface area contributed by atoms with Gasteiger partial charge in [-0.2, -0.15) is 0 Å². The molecule has 1 aromatic carbocycles. The lowest BCUT2D eigenvalue weighted by atomic mass is 10.1. The predicted octanol–water partition coefficient (Wildman–Crippen LogP) is 2.15. The van der Waals surface area contributed by atoms with Crippen molar-refractivity contribution in [3.63, 3.8) is 0 Å². The van der Waals surface area contributed by atoms with Gasteiger partial charge >= 0.3 is 5.97 Å². The van der Waals surface area contributed by atoms with E-state index in [2.05, 4.69) is 0 Å². The molecule has 0 radical (unpaired) electrons. The molecule has 0 unspecified atom stereocenters. The summed E-state index contributed by atoms with van der Waals surface area (Å²) in [6.45, 7) is 2.75. The fourth-order valence-electron chi connectivity index (χ4n) is 2.11. The minimum absolute atomic E-state index is 0.312. The number of anilines is 1. The van der Waals surface area contributed by atoms with E-state index in [0.29, 0.717) is 31.0 Å². The molecule has 1 heterocycles. The molecule has 0 aromatic heterocycles. The molecule has 1 aromatic rings. The van der Waals surface area contributed by atoms with E-state index in [1.165, 1.54) is 12.1 Å². The van der Waals surface area contributed by atoms with Crippen LogP contribution in [0.3, 0.4) is 0 Å². The molecule has 2 rings (SSSR count). The first-order chi connectivity index (χ1) is 9.18. The fraction of sp³-hybridized carbons (Fsp3) is 0.357. The average molecular weight is 265 g/mol. The van der Waals surface area contributed by atoms with Crippen LogP contribution in [0.2, 0.25) is 0 Å². The summed E-state index contributed by atoms with van der Waals surface area (Å²) in [6.07, 6.45) is 3.13. The maximum Gasteiger partial charge on any atom is 0.328 e. The molecule has 19 heavy (non-hydrogen) atoms. The monoisotopic (exact) mass is 265 g/mol. The van der Waals surface area contributed by atoms with Gasteiger partial charge in [0.15, 0.2) is 0 Å². The standard InChI is InChI=1S/C14H16FNO3/c15-12-3-1-4-13(11(12)5-6-14(17)18)16-7-2-9-19-10-8-16/h1,3-6H,2,7-10H2,(H,17,18)/b6-5+. The van der Waals surface area contributed by atoms with Crippen molar-refractivity contribution in [2.75, 3.05) is 31.2 Å². The Morgan fingerprint density at radius 2 is 2.21 bits per heavy atom.